The van der Waals surface area contributed by atoms with E-state index in [1.165, 1.54) is 37.4 Å². The number of phenolic OH excluding ortho intramolecular Hbond substituents is 1. The monoisotopic (exact) mass is 677 g/mol. The number of carbonyl (C=O) groups excluding carboxylic acids is 1. The van der Waals surface area contributed by atoms with Gasteiger partial charge in [0.15, 0.2) is 17.3 Å². The summed E-state index contributed by atoms with van der Waals surface area (Å²) in [6.45, 7) is 0.487. The molecule has 0 saturated carbocycles. The predicted molar refractivity (Wildman–Crippen MR) is 179 cm³/mol. The molecule has 0 fully saturated rings. The molecule has 4 N–H and O–H groups in total. The smallest absolute Gasteiger partial charge is 0.359 e. The van der Waals surface area contributed by atoms with Gasteiger partial charge in [-0.15, -0.1) is 0 Å². The predicted octanol–water partition coefficient (Wildman–Crippen LogP) is 6.42. The molecule has 0 amide bonds. The Kier molecular flexibility index (Phi) is 8.12. The number of pyridine rings is 1. The third kappa shape index (κ3) is 5.33. The number of aromatic nitrogens is 1. The van der Waals surface area contributed by atoms with Crippen molar-refractivity contribution in [1.29, 1.82) is 5.41 Å². The molecular weight excluding hydrogens is 648 g/mol. The number of aromatic hydroxyl groups is 1. The number of nitrogen functional groups attached to an aromatic ring is 1. The lowest BCUT2D eigenvalue weighted by molar-refractivity contribution is -0.156. The summed E-state index contributed by atoms with van der Waals surface area (Å²) in [7, 11) is 3.11. The van der Waals surface area contributed by atoms with E-state index in [2.05, 4.69) is 9.98 Å². The first-order valence-corrected chi connectivity index (χ1v) is 15.3. The van der Waals surface area contributed by atoms with Crippen molar-refractivity contribution in [2.24, 2.45) is 10.7 Å². The van der Waals surface area contributed by atoms with Crippen molar-refractivity contribution in [3.63, 3.8) is 0 Å². The SMILES string of the molecule is COC(=O)C1(Oc2ccc(Oc3c(F)cnc(Oc4cc(C(=N)N)ccc4O)c3F)c(C3N=CCN3C)c2)c2ccccc2-c2ccccc21. The zero-order valence-electron chi connectivity index (χ0n) is 26.7. The number of nitrogens with two attached hydrogens (primary N) is 1. The molecule has 1 aliphatic heterocycles. The maximum atomic E-state index is 15.9. The van der Waals surface area contributed by atoms with E-state index in [4.69, 9.17) is 30.1 Å². The number of hydrogen-bond donors (Lipinski definition) is 3. The van der Waals surface area contributed by atoms with E-state index < -0.39 is 41.0 Å². The summed E-state index contributed by atoms with van der Waals surface area (Å²) in [5.74, 6) is -5.29. The number of esters is 1. The maximum absolute atomic E-state index is 15.9. The van der Waals surface area contributed by atoms with Gasteiger partial charge in [-0.05, 0) is 54.6 Å². The summed E-state index contributed by atoms with van der Waals surface area (Å²) >= 11 is 0. The van der Waals surface area contributed by atoms with Crippen molar-refractivity contribution in [3.8, 4) is 45.8 Å². The molecule has 2 aliphatic rings. The molecular formula is C37H29F2N5O6. The third-order valence-corrected chi connectivity index (χ3v) is 8.53. The van der Waals surface area contributed by atoms with Gasteiger partial charge in [0.1, 0.15) is 23.5 Å². The molecule has 11 nitrogen and oxygen atoms in total. The van der Waals surface area contributed by atoms with Crippen molar-refractivity contribution >= 4 is 18.0 Å². The van der Waals surface area contributed by atoms with Crippen LogP contribution in [0.5, 0.6) is 34.6 Å². The minimum absolute atomic E-state index is 0.0314. The third-order valence-electron chi connectivity index (χ3n) is 8.53. The van der Waals surface area contributed by atoms with Gasteiger partial charge in [0.2, 0.25) is 11.6 Å². The van der Waals surface area contributed by atoms with Crippen LogP contribution in [0.25, 0.3) is 11.1 Å². The van der Waals surface area contributed by atoms with Crippen molar-refractivity contribution in [2.45, 2.75) is 11.8 Å². The number of nitrogens with zero attached hydrogens (tertiary/aromatic N) is 3. The Morgan fingerprint density at radius 2 is 1.68 bits per heavy atom. The second kappa shape index (κ2) is 12.6. The maximum Gasteiger partial charge on any atom is 0.359 e. The van der Waals surface area contributed by atoms with Crippen molar-refractivity contribution < 1.29 is 37.6 Å². The Morgan fingerprint density at radius 1 is 0.980 bits per heavy atom. The van der Waals surface area contributed by atoms with E-state index in [1.807, 2.05) is 60.5 Å². The van der Waals surface area contributed by atoms with Crippen LogP contribution in [0.1, 0.15) is 28.4 Å². The van der Waals surface area contributed by atoms with Crippen LogP contribution >= 0.6 is 0 Å². The highest BCUT2D eigenvalue weighted by atomic mass is 19.1. The first-order chi connectivity index (χ1) is 24.1. The standard InChI is InChI=1S/C37H29F2N5O6/c1-44-16-15-42-34(44)24-18-21(50-37(36(46)47-2)25-9-5-3-7-22(25)23-8-4-6-10-26(23)37)12-14-29(24)48-32-27(38)19-43-35(31(32)39)49-30-17-20(33(40)41)11-13-28(30)45/h3-15,17-19,34,45H,16H2,1-2H3,(H3,40,41). The van der Waals surface area contributed by atoms with Gasteiger partial charge >= 0.3 is 5.97 Å². The van der Waals surface area contributed by atoms with E-state index in [0.717, 1.165) is 11.1 Å². The molecule has 0 radical (unpaired) electrons. The fourth-order valence-corrected chi connectivity index (χ4v) is 6.15. The number of rotatable bonds is 9. The van der Waals surface area contributed by atoms with E-state index in [0.29, 0.717) is 29.4 Å². The van der Waals surface area contributed by atoms with Gasteiger partial charge in [-0.1, -0.05) is 48.5 Å². The van der Waals surface area contributed by atoms with Crippen molar-refractivity contribution in [1.82, 2.24) is 9.88 Å². The van der Waals surface area contributed by atoms with Crippen LogP contribution in [0.4, 0.5) is 8.78 Å². The molecule has 1 atom stereocenters. The lowest BCUT2D eigenvalue weighted by Crippen LogP contribution is -2.42. The Balaban J connectivity index is 1.30. The van der Waals surface area contributed by atoms with Gasteiger partial charge in [-0.2, -0.15) is 4.39 Å². The van der Waals surface area contributed by atoms with Crippen LogP contribution in [0.3, 0.4) is 0 Å². The zero-order valence-corrected chi connectivity index (χ0v) is 26.7. The summed E-state index contributed by atoms with van der Waals surface area (Å²) in [5.41, 5.74) is 7.27. The largest absolute Gasteiger partial charge is 0.504 e. The first kappa shape index (κ1) is 32.2. The van der Waals surface area contributed by atoms with E-state index >= 15 is 8.78 Å². The van der Waals surface area contributed by atoms with Crippen LogP contribution in [-0.2, 0) is 15.1 Å². The normalized spacial score (nSPS) is 15.6. The second-order valence-corrected chi connectivity index (χ2v) is 11.6. The number of methoxy groups -OCH3 is 1. The second-order valence-electron chi connectivity index (χ2n) is 11.6. The van der Waals surface area contributed by atoms with Crippen LogP contribution in [0.2, 0.25) is 0 Å². The molecule has 0 spiro atoms. The lowest BCUT2D eigenvalue weighted by atomic mass is 9.91. The molecule has 50 heavy (non-hydrogen) atoms. The van der Waals surface area contributed by atoms with Crippen LogP contribution in [0.15, 0.2) is 96.1 Å². The highest BCUT2D eigenvalue weighted by Crippen LogP contribution is 2.51. The highest BCUT2D eigenvalue weighted by Gasteiger charge is 2.53. The summed E-state index contributed by atoms with van der Waals surface area (Å²) in [6, 6.07) is 23.2. The van der Waals surface area contributed by atoms with Gasteiger partial charge in [-0.3, -0.25) is 15.3 Å². The number of phenols is 1. The fraction of sp³-hybridized carbons (Fsp3) is 0.135. The number of amidine groups is 1. The summed E-state index contributed by atoms with van der Waals surface area (Å²) in [4.78, 5) is 23.9. The number of carbonyl (C=O) groups is 1. The Hall–Kier alpha value is -6.34. The Morgan fingerprint density at radius 3 is 2.32 bits per heavy atom. The minimum atomic E-state index is -1.66. The zero-order chi connectivity index (χ0) is 35.2. The average molecular weight is 678 g/mol. The molecule has 1 aromatic heterocycles. The van der Waals surface area contributed by atoms with Gasteiger partial charge in [0, 0.05) is 35.0 Å². The molecule has 2 heterocycles. The molecule has 4 aromatic carbocycles. The van der Waals surface area contributed by atoms with Crippen molar-refractivity contribution in [3.05, 3.63) is 125 Å². The van der Waals surface area contributed by atoms with Gasteiger partial charge in [0.25, 0.3) is 11.5 Å². The highest BCUT2D eigenvalue weighted by molar-refractivity contribution is 5.97. The molecule has 1 unspecified atom stereocenters. The quantitative estimate of drug-likeness (QED) is 0.0911. The van der Waals surface area contributed by atoms with Crippen LogP contribution < -0.4 is 19.9 Å². The number of hydrogen-bond acceptors (Lipinski definition) is 10. The topological polar surface area (TPSA) is 153 Å². The lowest BCUT2D eigenvalue weighted by Gasteiger charge is -2.30. The van der Waals surface area contributed by atoms with Gasteiger partial charge < -0.3 is 29.8 Å². The fourth-order valence-electron chi connectivity index (χ4n) is 6.15. The summed E-state index contributed by atoms with van der Waals surface area (Å²) in [5, 5.41) is 17.9. The molecule has 252 valence electrons. The number of ether oxygens (including phenoxy) is 4. The number of nitrogens with one attached hydrogen (secondary N) is 1. The number of fused-ring (bicyclic) bond motifs is 3. The Bertz CT molecular complexity index is 2160. The minimum Gasteiger partial charge on any atom is -0.504 e. The number of benzene rings is 4. The molecule has 0 saturated heterocycles. The van der Waals surface area contributed by atoms with Crippen molar-refractivity contribution in [2.75, 3.05) is 20.7 Å². The van der Waals surface area contributed by atoms with E-state index in [9.17, 15) is 9.90 Å². The summed E-state index contributed by atoms with van der Waals surface area (Å²) in [6.07, 6.45) is 1.77. The number of halogens is 2. The average Bonchev–Trinajstić information content (AvgIpc) is 3.68. The van der Waals surface area contributed by atoms with Gasteiger partial charge in [0.05, 0.1) is 13.3 Å². The molecule has 13 heteroatoms. The first-order valence-electron chi connectivity index (χ1n) is 15.3. The van der Waals surface area contributed by atoms with Gasteiger partial charge in [-0.25, -0.2) is 14.2 Å². The van der Waals surface area contributed by atoms with E-state index in [1.54, 1.807) is 12.3 Å². The molecule has 0 bridgehead atoms. The van der Waals surface area contributed by atoms with Crippen LogP contribution in [-0.4, -0.2) is 53.7 Å². The van der Waals surface area contributed by atoms with E-state index in [-0.39, 0.29) is 34.4 Å². The Labute approximate surface area is 284 Å². The summed E-state index contributed by atoms with van der Waals surface area (Å²) < 4.78 is 54.4. The molecule has 7 rings (SSSR count). The molecule has 5 aromatic rings. The molecule has 1 aliphatic carbocycles. The number of aliphatic imine (C=N–C) groups is 1. The van der Waals surface area contributed by atoms with Crippen LogP contribution in [0, 0.1) is 17.0 Å².